The Balaban J connectivity index is 1.62. The summed E-state index contributed by atoms with van der Waals surface area (Å²) in [5.74, 6) is 0. The molecule has 0 spiro atoms. The third-order valence-corrected chi connectivity index (χ3v) is 12.5. The van der Waals surface area contributed by atoms with E-state index in [1.807, 2.05) is 11.3 Å². The van der Waals surface area contributed by atoms with Gasteiger partial charge in [0.2, 0.25) is 0 Å². The van der Waals surface area contributed by atoms with E-state index in [0.717, 1.165) is 0 Å². The molecule has 0 fully saturated rings. The molecule has 5 aromatic rings. The third-order valence-electron chi connectivity index (χ3n) is 6.66. The number of rotatable bonds is 7. The number of hydrogen-bond acceptors (Lipinski definition) is 1. The fraction of sp³-hybridized carbons (Fsp3) is 0.0588. The fourth-order valence-corrected chi connectivity index (χ4v) is 10.5. The SMILES string of the molecule is C/C=C/c1ccc(/C=C/c2ccc([Si](c3ccccc3)(c3ccccc3)c3ccc(C)cc3)cc2)s1. The monoisotopic (exact) mass is 498 g/mol. The van der Waals surface area contributed by atoms with E-state index in [1.54, 1.807) is 0 Å². The molecule has 0 nitrogen and oxygen atoms in total. The highest BCUT2D eigenvalue weighted by molar-refractivity contribution is 7.19. The summed E-state index contributed by atoms with van der Waals surface area (Å²) in [6, 6.07) is 45.0. The molecule has 4 aromatic carbocycles. The van der Waals surface area contributed by atoms with Gasteiger partial charge in [-0.1, -0.05) is 127 Å². The van der Waals surface area contributed by atoms with Crippen molar-refractivity contribution < 1.29 is 0 Å². The first-order valence-electron chi connectivity index (χ1n) is 12.4. The Hall–Kier alpha value is -3.72. The van der Waals surface area contributed by atoms with Gasteiger partial charge in [-0.15, -0.1) is 11.3 Å². The lowest BCUT2D eigenvalue weighted by Gasteiger charge is -2.34. The molecule has 0 atom stereocenters. The van der Waals surface area contributed by atoms with E-state index >= 15 is 0 Å². The Labute approximate surface area is 219 Å². The van der Waals surface area contributed by atoms with Crippen molar-refractivity contribution in [2.75, 3.05) is 0 Å². The number of aryl methyl sites for hydroxylation is 1. The van der Waals surface area contributed by atoms with Crippen molar-refractivity contribution in [2.45, 2.75) is 13.8 Å². The zero-order valence-electron chi connectivity index (χ0n) is 20.8. The topological polar surface area (TPSA) is 0 Å². The van der Waals surface area contributed by atoms with Gasteiger partial charge in [0.05, 0.1) is 0 Å². The van der Waals surface area contributed by atoms with Gasteiger partial charge in [0, 0.05) is 9.75 Å². The summed E-state index contributed by atoms with van der Waals surface area (Å²) >= 11 is 1.81. The minimum atomic E-state index is -2.47. The Bertz CT molecular complexity index is 1420. The van der Waals surface area contributed by atoms with Gasteiger partial charge in [0.15, 0.2) is 8.07 Å². The summed E-state index contributed by atoms with van der Waals surface area (Å²) in [6.45, 7) is 4.22. The van der Waals surface area contributed by atoms with Gasteiger partial charge in [-0.25, -0.2) is 0 Å². The highest BCUT2D eigenvalue weighted by atomic mass is 32.1. The van der Waals surface area contributed by atoms with E-state index in [4.69, 9.17) is 0 Å². The van der Waals surface area contributed by atoms with Gasteiger partial charge >= 0.3 is 0 Å². The molecule has 0 N–H and O–H groups in total. The zero-order chi connectivity index (χ0) is 24.8. The van der Waals surface area contributed by atoms with E-state index in [-0.39, 0.29) is 0 Å². The van der Waals surface area contributed by atoms with Gasteiger partial charge in [-0.05, 0) is 64.4 Å². The standard InChI is InChI=1S/C34H30SSi/c1-3-10-29-21-22-30(35-29)20-17-28-18-25-34(26-19-28)36(31-11-6-4-7-12-31,32-13-8-5-9-14-32)33-23-15-27(2)16-24-33/h3-26H,1-2H3/b10-3+,20-17+. The maximum Gasteiger partial charge on any atom is 0.179 e. The number of benzene rings is 4. The molecule has 36 heavy (non-hydrogen) atoms. The van der Waals surface area contributed by atoms with Gasteiger partial charge in [0.1, 0.15) is 0 Å². The van der Waals surface area contributed by atoms with Gasteiger partial charge in [-0.2, -0.15) is 0 Å². The highest BCUT2D eigenvalue weighted by Gasteiger charge is 2.41. The molecular weight excluding hydrogens is 469 g/mol. The Morgan fingerprint density at radius 1 is 0.500 bits per heavy atom. The second-order valence-corrected chi connectivity index (χ2v) is 14.0. The lowest BCUT2D eigenvalue weighted by atomic mass is 10.2. The van der Waals surface area contributed by atoms with Crippen LogP contribution in [0.15, 0.2) is 127 Å². The first-order chi connectivity index (χ1) is 17.7. The Morgan fingerprint density at radius 2 is 0.972 bits per heavy atom. The quantitative estimate of drug-likeness (QED) is 0.174. The molecule has 1 aromatic heterocycles. The average molecular weight is 499 g/mol. The Kier molecular flexibility index (Phi) is 7.27. The predicted molar refractivity (Wildman–Crippen MR) is 163 cm³/mol. The third kappa shape index (κ3) is 4.83. The number of allylic oxidation sites excluding steroid dienone is 1. The molecule has 0 saturated carbocycles. The molecule has 0 bridgehead atoms. The molecule has 0 aliphatic heterocycles. The summed E-state index contributed by atoms with van der Waals surface area (Å²) < 4.78 is 0. The maximum atomic E-state index is 2.35. The van der Waals surface area contributed by atoms with Crippen LogP contribution in [0.4, 0.5) is 0 Å². The van der Waals surface area contributed by atoms with Crippen molar-refractivity contribution in [1.82, 2.24) is 0 Å². The smallest absolute Gasteiger partial charge is 0.137 e. The molecule has 0 saturated heterocycles. The first-order valence-corrected chi connectivity index (χ1v) is 15.2. The molecule has 0 aliphatic rings. The average Bonchev–Trinajstić information content (AvgIpc) is 3.38. The van der Waals surface area contributed by atoms with Crippen LogP contribution < -0.4 is 20.7 Å². The van der Waals surface area contributed by atoms with Gasteiger partial charge < -0.3 is 0 Å². The van der Waals surface area contributed by atoms with Crippen LogP contribution in [-0.2, 0) is 0 Å². The molecular formula is C34H30SSi. The second-order valence-electron chi connectivity index (χ2n) is 9.04. The van der Waals surface area contributed by atoms with Crippen LogP contribution in [0.1, 0.15) is 27.8 Å². The lowest BCUT2D eigenvalue weighted by Crippen LogP contribution is -2.74. The van der Waals surface area contributed by atoms with E-state index in [9.17, 15) is 0 Å². The van der Waals surface area contributed by atoms with E-state index in [0.29, 0.717) is 0 Å². The van der Waals surface area contributed by atoms with Gasteiger partial charge in [0.25, 0.3) is 0 Å². The number of thiophene rings is 1. The van der Waals surface area contributed by atoms with Gasteiger partial charge in [-0.3, -0.25) is 0 Å². The molecule has 0 aliphatic carbocycles. The molecule has 2 heteroatoms. The second kappa shape index (κ2) is 10.9. The summed E-state index contributed by atoms with van der Waals surface area (Å²) in [5, 5.41) is 5.60. The van der Waals surface area contributed by atoms with Crippen molar-refractivity contribution >= 4 is 58.4 Å². The lowest BCUT2D eigenvalue weighted by molar-refractivity contribution is 1.48. The van der Waals surface area contributed by atoms with Crippen LogP contribution in [0.3, 0.4) is 0 Å². The van der Waals surface area contributed by atoms with Crippen LogP contribution in [0.25, 0.3) is 18.2 Å². The molecule has 0 amide bonds. The summed E-state index contributed by atoms with van der Waals surface area (Å²) in [7, 11) is -2.47. The van der Waals surface area contributed by atoms with E-state index in [2.05, 4.69) is 159 Å². The molecule has 1 heterocycles. The van der Waals surface area contributed by atoms with Crippen molar-refractivity contribution in [3.63, 3.8) is 0 Å². The van der Waals surface area contributed by atoms with Crippen LogP contribution in [-0.4, -0.2) is 8.07 Å². The normalized spacial score (nSPS) is 11.9. The fourth-order valence-electron chi connectivity index (χ4n) is 4.91. The minimum Gasteiger partial charge on any atom is -0.137 e. The summed E-state index contributed by atoms with van der Waals surface area (Å²) in [4.78, 5) is 2.55. The number of hydrogen-bond donors (Lipinski definition) is 0. The van der Waals surface area contributed by atoms with E-state index in [1.165, 1.54) is 41.6 Å². The summed E-state index contributed by atoms with van der Waals surface area (Å²) in [5.41, 5.74) is 2.50. The van der Waals surface area contributed by atoms with Crippen LogP contribution >= 0.6 is 11.3 Å². The van der Waals surface area contributed by atoms with E-state index < -0.39 is 8.07 Å². The van der Waals surface area contributed by atoms with Crippen molar-refractivity contribution in [3.05, 3.63) is 148 Å². The van der Waals surface area contributed by atoms with Crippen LogP contribution in [0.5, 0.6) is 0 Å². The van der Waals surface area contributed by atoms with Crippen molar-refractivity contribution in [1.29, 1.82) is 0 Å². The maximum absolute atomic E-state index is 2.47. The minimum absolute atomic E-state index is 1.22. The largest absolute Gasteiger partial charge is 0.179 e. The van der Waals surface area contributed by atoms with Crippen LogP contribution in [0, 0.1) is 6.92 Å². The highest BCUT2D eigenvalue weighted by Crippen LogP contribution is 2.20. The first kappa shape index (κ1) is 24.0. The van der Waals surface area contributed by atoms with Crippen LogP contribution in [0.2, 0.25) is 0 Å². The Morgan fingerprint density at radius 3 is 1.50 bits per heavy atom. The molecule has 5 rings (SSSR count). The van der Waals surface area contributed by atoms with Crippen molar-refractivity contribution in [2.24, 2.45) is 0 Å². The predicted octanol–water partition coefficient (Wildman–Crippen LogP) is 6.64. The molecule has 0 unspecified atom stereocenters. The van der Waals surface area contributed by atoms with Crippen molar-refractivity contribution in [3.8, 4) is 0 Å². The molecule has 176 valence electrons. The zero-order valence-corrected chi connectivity index (χ0v) is 22.6. The molecule has 0 radical (unpaired) electrons. The summed E-state index contributed by atoms with van der Waals surface area (Å²) in [6.07, 6.45) is 8.67.